The van der Waals surface area contributed by atoms with Gasteiger partial charge in [0.05, 0.1) is 16.6 Å². The summed E-state index contributed by atoms with van der Waals surface area (Å²) in [5.41, 5.74) is 1.41. The molecule has 20 heavy (non-hydrogen) atoms. The summed E-state index contributed by atoms with van der Waals surface area (Å²) in [6.07, 6.45) is 5.47. The van der Waals surface area contributed by atoms with Crippen molar-refractivity contribution in [1.29, 1.82) is 0 Å². The molecule has 1 fully saturated rings. The number of carboxylic acids is 1. The van der Waals surface area contributed by atoms with Crippen LogP contribution in [0.3, 0.4) is 0 Å². The largest absolute Gasteiger partial charge is 0.478 e. The Kier molecular flexibility index (Phi) is 3.12. The summed E-state index contributed by atoms with van der Waals surface area (Å²) in [7, 11) is 0. The Bertz CT molecular complexity index is 722. The van der Waals surface area contributed by atoms with Gasteiger partial charge in [0.15, 0.2) is 0 Å². The van der Waals surface area contributed by atoms with E-state index in [1.165, 1.54) is 12.5 Å². The third-order valence-electron chi connectivity index (χ3n) is 4.17. The Hall–Kier alpha value is -1.69. The number of fused-ring (bicyclic) bond motifs is 1. The van der Waals surface area contributed by atoms with Gasteiger partial charge in [-0.3, -0.25) is 4.57 Å². The zero-order valence-corrected chi connectivity index (χ0v) is 12.0. The molecule has 106 valence electrons. The van der Waals surface area contributed by atoms with Crippen LogP contribution in [0.15, 0.2) is 23.0 Å². The lowest BCUT2D eigenvalue weighted by Crippen LogP contribution is -2.40. The van der Waals surface area contributed by atoms with E-state index < -0.39 is 5.97 Å². The summed E-state index contributed by atoms with van der Waals surface area (Å²) in [5.74, 6) is -0.977. The van der Waals surface area contributed by atoms with Crippen LogP contribution in [0.4, 0.5) is 0 Å². The maximum atomic E-state index is 12.1. The number of hydrogen-bond acceptors (Lipinski definition) is 3. The fourth-order valence-electron chi connectivity index (χ4n) is 2.73. The van der Waals surface area contributed by atoms with E-state index in [1.807, 2.05) is 0 Å². The predicted octanol–water partition coefficient (Wildman–Crippen LogP) is 2.31. The molecule has 1 aliphatic carbocycles. The minimum Gasteiger partial charge on any atom is -0.478 e. The Labute approximate surface area is 120 Å². The van der Waals surface area contributed by atoms with Gasteiger partial charge in [0.2, 0.25) is 0 Å². The highest BCUT2D eigenvalue weighted by Gasteiger charge is 2.37. The first-order valence-corrected chi connectivity index (χ1v) is 7.78. The molecule has 0 amide bonds. The van der Waals surface area contributed by atoms with Crippen LogP contribution in [0.25, 0.3) is 11.0 Å². The van der Waals surface area contributed by atoms with Gasteiger partial charge in [-0.1, -0.05) is 6.42 Å². The summed E-state index contributed by atoms with van der Waals surface area (Å²) in [6.45, 7) is 0.635. The highest BCUT2D eigenvalue weighted by atomic mass is 32.2. The molecule has 0 radical (unpaired) electrons. The van der Waals surface area contributed by atoms with Crippen molar-refractivity contribution in [3.63, 3.8) is 0 Å². The number of benzene rings is 1. The van der Waals surface area contributed by atoms with E-state index >= 15 is 0 Å². The van der Waals surface area contributed by atoms with Crippen molar-refractivity contribution in [2.45, 2.75) is 30.6 Å². The maximum Gasteiger partial charge on any atom is 0.335 e. The summed E-state index contributed by atoms with van der Waals surface area (Å²) in [5, 5.41) is 9.08. The van der Waals surface area contributed by atoms with Crippen LogP contribution >= 0.6 is 11.8 Å². The van der Waals surface area contributed by atoms with Crippen molar-refractivity contribution in [2.24, 2.45) is 0 Å². The van der Waals surface area contributed by atoms with Gasteiger partial charge in [0, 0.05) is 11.3 Å². The smallest absolute Gasteiger partial charge is 0.335 e. The van der Waals surface area contributed by atoms with Crippen LogP contribution in [-0.4, -0.2) is 31.6 Å². The molecule has 1 aromatic heterocycles. The van der Waals surface area contributed by atoms with E-state index in [4.69, 9.17) is 5.11 Å². The molecule has 1 saturated carbocycles. The van der Waals surface area contributed by atoms with E-state index in [2.05, 4.69) is 11.2 Å². The number of imidazole rings is 1. The van der Waals surface area contributed by atoms with Gasteiger partial charge in [-0.05, 0) is 37.3 Å². The quantitative estimate of drug-likeness (QED) is 0.906. The van der Waals surface area contributed by atoms with Crippen LogP contribution in [0.2, 0.25) is 0 Å². The minimum absolute atomic E-state index is 0.123. The molecule has 2 aromatic rings. The van der Waals surface area contributed by atoms with Gasteiger partial charge in [-0.25, -0.2) is 9.59 Å². The molecule has 0 saturated heterocycles. The van der Waals surface area contributed by atoms with Crippen LogP contribution in [-0.2, 0) is 6.54 Å². The molecule has 0 unspecified atom stereocenters. The van der Waals surface area contributed by atoms with E-state index in [9.17, 15) is 9.59 Å². The van der Waals surface area contributed by atoms with Gasteiger partial charge in [0.25, 0.3) is 0 Å². The SMILES string of the molecule is CSC1(Cn2c(=O)[nH]c3ccc(C(=O)O)cc32)CCC1. The molecule has 1 heterocycles. The van der Waals surface area contributed by atoms with Gasteiger partial charge >= 0.3 is 11.7 Å². The number of carboxylic acid groups (broad SMARTS) is 1. The highest BCUT2D eigenvalue weighted by molar-refractivity contribution is 8.00. The third kappa shape index (κ3) is 2.04. The minimum atomic E-state index is -0.977. The summed E-state index contributed by atoms with van der Waals surface area (Å²) in [4.78, 5) is 26.0. The molecule has 6 heteroatoms. The second kappa shape index (κ2) is 4.70. The topological polar surface area (TPSA) is 75.1 Å². The van der Waals surface area contributed by atoms with Crippen LogP contribution < -0.4 is 5.69 Å². The molecule has 1 aromatic carbocycles. The normalized spacial score (nSPS) is 17.1. The molecular weight excluding hydrogens is 276 g/mol. The Balaban J connectivity index is 2.09. The van der Waals surface area contributed by atoms with E-state index in [-0.39, 0.29) is 16.0 Å². The summed E-state index contributed by atoms with van der Waals surface area (Å²) < 4.78 is 1.80. The molecule has 1 aliphatic rings. The van der Waals surface area contributed by atoms with E-state index in [0.717, 1.165) is 12.8 Å². The van der Waals surface area contributed by atoms with Gasteiger partial charge in [-0.15, -0.1) is 0 Å². The first-order chi connectivity index (χ1) is 9.54. The standard InChI is InChI=1S/C14H16N2O3S/c1-20-14(5-2-6-14)8-16-11-7-9(12(17)18)3-4-10(11)15-13(16)19/h3-4,7H,2,5-6,8H2,1H3,(H,15,19)(H,17,18). The van der Waals surface area contributed by atoms with Crippen LogP contribution in [0, 0.1) is 0 Å². The third-order valence-corrected chi connectivity index (χ3v) is 5.57. The fraction of sp³-hybridized carbons (Fsp3) is 0.429. The van der Waals surface area contributed by atoms with Crippen LogP contribution in [0.5, 0.6) is 0 Å². The maximum absolute atomic E-state index is 12.1. The second-order valence-corrected chi connectivity index (χ2v) is 6.57. The number of hydrogen-bond donors (Lipinski definition) is 2. The van der Waals surface area contributed by atoms with Crippen molar-refractivity contribution >= 4 is 28.8 Å². The van der Waals surface area contributed by atoms with Crippen LogP contribution in [0.1, 0.15) is 29.6 Å². The number of aromatic amines is 1. The molecule has 0 aliphatic heterocycles. The second-order valence-electron chi connectivity index (χ2n) is 5.29. The zero-order valence-electron chi connectivity index (χ0n) is 11.2. The first kappa shape index (κ1) is 13.3. The number of thioether (sulfide) groups is 1. The Morgan fingerprint density at radius 1 is 1.50 bits per heavy atom. The van der Waals surface area contributed by atoms with E-state index in [0.29, 0.717) is 17.6 Å². The lowest BCUT2D eigenvalue weighted by molar-refractivity contribution is 0.0697. The van der Waals surface area contributed by atoms with Crippen molar-refractivity contribution in [2.75, 3.05) is 6.26 Å². The lowest BCUT2D eigenvalue weighted by atomic mass is 9.84. The summed E-state index contributed by atoms with van der Waals surface area (Å²) >= 11 is 1.80. The fourth-order valence-corrected chi connectivity index (χ4v) is 3.68. The number of rotatable bonds is 4. The first-order valence-electron chi connectivity index (χ1n) is 6.56. The number of H-pyrrole nitrogens is 1. The summed E-state index contributed by atoms with van der Waals surface area (Å²) in [6, 6.07) is 4.74. The Morgan fingerprint density at radius 3 is 2.80 bits per heavy atom. The molecular formula is C14H16N2O3S. The molecule has 2 N–H and O–H groups in total. The van der Waals surface area contributed by atoms with Crippen molar-refractivity contribution in [1.82, 2.24) is 9.55 Å². The monoisotopic (exact) mass is 292 g/mol. The molecule has 0 atom stereocenters. The molecule has 5 nitrogen and oxygen atoms in total. The number of carbonyl (C=O) groups is 1. The number of aromatic nitrogens is 2. The number of aromatic carboxylic acids is 1. The zero-order chi connectivity index (χ0) is 14.3. The van der Waals surface area contributed by atoms with Crippen molar-refractivity contribution in [3.8, 4) is 0 Å². The predicted molar refractivity (Wildman–Crippen MR) is 79.6 cm³/mol. The van der Waals surface area contributed by atoms with Crippen molar-refractivity contribution in [3.05, 3.63) is 34.2 Å². The van der Waals surface area contributed by atoms with Gasteiger partial charge < -0.3 is 10.1 Å². The average Bonchev–Trinajstić information content (AvgIpc) is 2.68. The van der Waals surface area contributed by atoms with Gasteiger partial charge in [0.1, 0.15) is 0 Å². The lowest BCUT2D eigenvalue weighted by Gasteiger charge is -2.40. The average molecular weight is 292 g/mol. The molecule has 0 bridgehead atoms. The molecule has 0 spiro atoms. The number of nitrogens with zero attached hydrogens (tertiary/aromatic N) is 1. The Morgan fingerprint density at radius 2 is 2.25 bits per heavy atom. The van der Waals surface area contributed by atoms with Crippen molar-refractivity contribution < 1.29 is 9.90 Å². The van der Waals surface area contributed by atoms with Gasteiger partial charge in [-0.2, -0.15) is 11.8 Å². The highest BCUT2D eigenvalue weighted by Crippen LogP contribution is 2.44. The number of nitrogens with one attached hydrogen (secondary N) is 1. The molecule has 3 rings (SSSR count). The van der Waals surface area contributed by atoms with E-state index in [1.54, 1.807) is 28.5 Å².